The zero-order chi connectivity index (χ0) is 9.84. The molecule has 1 rings (SSSR count). The Morgan fingerprint density at radius 2 is 2.46 bits per heavy atom. The predicted octanol–water partition coefficient (Wildman–Crippen LogP) is 1.34. The highest BCUT2D eigenvalue weighted by Crippen LogP contribution is 2.21. The smallest absolute Gasteiger partial charge is 0.259 e. The average molecular weight is 197 g/mol. The van der Waals surface area contributed by atoms with Gasteiger partial charge in [0.1, 0.15) is 17.4 Å². The summed E-state index contributed by atoms with van der Waals surface area (Å²) < 4.78 is 4.85. The van der Waals surface area contributed by atoms with Crippen molar-refractivity contribution in [3.63, 3.8) is 0 Å². The lowest BCUT2D eigenvalue weighted by Gasteiger charge is -2.03. The van der Waals surface area contributed by atoms with Gasteiger partial charge in [-0.05, 0) is 17.7 Å². The first kappa shape index (κ1) is 9.49. The SMILES string of the molecule is COc1ccnc(C#N)c1C(=O)Cl. The summed E-state index contributed by atoms with van der Waals surface area (Å²) in [6.45, 7) is 0. The highest BCUT2D eigenvalue weighted by molar-refractivity contribution is 6.68. The molecule has 5 heteroatoms. The topological polar surface area (TPSA) is 63.0 Å². The zero-order valence-corrected chi connectivity index (χ0v) is 7.50. The average Bonchev–Trinajstić information content (AvgIpc) is 2.16. The third-order valence-corrected chi connectivity index (χ3v) is 1.62. The number of hydrogen-bond acceptors (Lipinski definition) is 4. The molecular formula is C8H5ClN2O2. The molecule has 0 N–H and O–H groups in total. The van der Waals surface area contributed by atoms with E-state index in [1.165, 1.54) is 19.4 Å². The van der Waals surface area contributed by atoms with E-state index >= 15 is 0 Å². The molecule has 0 amide bonds. The standard InChI is InChI=1S/C8H5ClN2O2/c1-13-6-2-3-11-5(4-10)7(6)8(9)12/h2-3H,1H3. The maximum absolute atomic E-state index is 10.9. The molecule has 0 radical (unpaired) electrons. The Kier molecular flexibility index (Phi) is 2.83. The van der Waals surface area contributed by atoms with E-state index in [1.54, 1.807) is 6.07 Å². The van der Waals surface area contributed by atoms with Gasteiger partial charge in [0.25, 0.3) is 5.24 Å². The molecule has 0 aliphatic heterocycles. The Bertz CT molecular complexity index is 384. The molecular weight excluding hydrogens is 192 g/mol. The number of rotatable bonds is 2. The summed E-state index contributed by atoms with van der Waals surface area (Å²) in [5.41, 5.74) is -0.0199. The first-order chi connectivity index (χ1) is 6.20. The second-order valence-electron chi connectivity index (χ2n) is 2.12. The normalized spacial score (nSPS) is 9.00. The van der Waals surface area contributed by atoms with Crippen LogP contribution >= 0.6 is 11.6 Å². The Balaban J connectivity index is 3.41. The van der Waals surface area contributed by atoms with E-state index in [4.69, 9.17) is 21.6 Å². The van der Waals surface area contributed by atoms with Crippen molar-refractivity contribution in [2.75, 3.05) is 7.11 Å². The summed E-state index contributed by atoms with van der Waals surface area (Å²) in [5.74, 6) is 0.256. The van der Waals surface area contributed by atoms with E-state index in [0.29, 0.717) is 0 Å². The van der Waals surface area contributed by atoms with E-state index in [0.717, 1.165) is 0 Å². The molecule has 66 valence electrons. The van der Waals surface area contributed by atoms with Crippen LogP contribution in [0.4, 0.5) is 0 Å². The predicted molar refractivity (Wildman–Crippen MR) is 45.7 cm³/mol. The van der Waals surface area contributed by atoms with Crippen LogP contribution in [0.2, 0.25) is 0 Å². The molecule has 0 fully saturated rings. The van der Waals surface area contributed by atoms with Crippen LogP contribution in [0.3, 0.4) is 0 Å². The monoisotopic (exact) mass is 196 g/mol. The number of halogens is 1. The van der Waals surface area contributed by atoms with Gasteiger partial charge in [-0.15, -0.1) is 0 Å². The van der Waals surface area contributed by atoms with Crippen LogP contribution in [-0.4, -0.2) is 17.3 Å². The fourth-order valence-corrected chi connectivity index (χ4v) is 1.07. The molecule has 13 heavy (non-hydrogen) atoms. The number of aromatic nitrogens is 1. The number of methoxy groups -OCH3 is 1. The number of nitrogens with zero attached hydrogens (tertiary/aromatic N) is 2. The van der Waals surface area contributed by atoms with Gasteiger partial charge in [-0.2, -0.15) is 5.26 Å². The molecule has 0 saturated heterocycles. The lowest BCUT2D eigenvalue weighted by atomic mass is 10.2. The number of ether oxygens (including phenoxy) is 1. The quantitative estimate of drug-likeness (QED) is 0.670. The number of carbonyl (C=O) groups excluding carboxylic acids is 1. The first-order valence-corrected chi connectivity index (χ1v) is 3.71. The van der Waals surface area contributed by atoms with E-state index in [9.17, 15) is 4.79 Å². The Morgan fingerprint density at radius 3 is 2.92 bits per heavy atom. The van der Waals surface area contributed by atoms with Gasteiger partial charge in [0.2, 0.25) is 0 Å². The van der Waals surface area contributed by atoms with Crippen molar-refractivity contribution in [3.05, 3.63) is 23.5 Å². The van der Waals surface area contributed by atoms with Gasteiger partial charge in [0, 0.05) is 6.20 Å². The van der Waals surface area contributed by atoms with Gasteiger partial charge < -0.3 is 4.74 Å². The third-order valence-electron chi connectivity index (χ3n) is 1.44. The van der Waals surface area contributed by atoms with Crippen LogP contribution in [0.1, 0.15) is 16.1 Å². The van der Waals surface area contributed by atoms with Crippen molar-refractivity contribution in [2.45, 2.75) is 0 Å². The molecule has 0 spiro atoms. The minimum Gasteiger partial charge on any atom is -0.496 e. The Labute approximate surface area is 79.7 Å². The van der Waals surface area contributed by atoms with Crippen LogP contribution in [0.5, 0.6) is 5.75 Å². The van der Waals surface area contributed by atoms with Crippen molar-refractivity contribution in [1.82, 2.24) is 4.98 Å². The summed E-state index contributed by atoms with van der Waals surface area (Å²) in [4.78, 5) is 14.6. The Morgan fingerprint density at radius 1 is 1.77 bits per heavy atom. The highest BCUT2D eigenvalue weighted by Gasteiger charge is 2.15. The van der Waals surface area contributed by atoms with E-state index in [2.05, 4.69) is 4.98 Å². The maximum atomic E-state index is 10.9. The van der Waals surface area contributed by atoms with E-state index in [-0.39, 0.29) is 17.0 Å². The molecule has 1 aromatic heterocycles. The van der Waals surface area contributed by atoms with E-state index in [1.807, 2.05) is 0 Å². The molecule has 1 heterocycles. The molecule has 0 saturated carbocycles. The second kappa shape index (κ2) is 3.87. The summed E-state index contributed by atoms with van der Waals surface area (Å²) >= 11 is 5.26. The lowest BCUT2D eigenvalue weighted by molar-refractivity contribution is 0.107. The summed E-state index contributed by atoms with van der Waals surface area (Å²) in [6.07, 6.45) is 1.38. The van der Waals surface area contributed by atoms with E-state index < -0.39 is 5.24 Å². The van der Waals surface area contributed by atoms with Gasteiger partial charge in [-0.3, -0.25) is 4.79 Å². The zero-order valence-electron chi connectivity index (χ0n) is 6.74. The molecule has 0 unspecified atom stereocenters. The second-order valence-corrected chi connectivity index (χ2v) is 2.47. The number of carbonyl (C=O) groups is 1. The van der Waals surface area contributed by atoms with Crippen molar-refractivity contribution in [3.8, 4) is 11.8 Å². The molecule has 1 aromatic rings. The fourth-order valence-electron chi connectivity index (χ4n) is 0.889. The fraction of sp³-hybridized carbons (Fsp3) is 0.125. The third kappa shape index (κ3) is 1.76. The molecule has 4 nitrogen and oxygen atoms in total. The van der Waals surface area contributed by atoms with Gasteiger partial charge in [0.05, 0.1) is 7.11 Å². The molecule has 0 aliphatic carbocycles. The van der Waals surface area contributed by atoms with Crippen molar-refractivity contribution in [2.24, 2.45) is 0 Å². The number of hydrogen-bond donors (Lipinski definition) is 0. The maximum Gasteiger partial charge on any atom is 0.259 e. The lowest BCUT2D eigenvalue weighted by Crippen LogP contribution is -2.01. The van der Waals surface area contributed by atoms with Crippen LogP contribution in [-0.2, 0) is 0 Å². The van der Waals surface area contributed by atoms with Gasteiger partial charge >= 0.3 is 0 Å². The van der Waals surface area contributed by atoms with Crippen molar-refractivity contribution >= 4 is 16.8 Å². The summed E-state index contributed by atoms with van der Waals surface area (Å²) in [5, 5.41) is 7.86. The summed E-state index contributed by atoms with van der Waals surface area (Å²) in [7, 11) is 1.39. The first-order valence-electron chi connectivity index (χ1n) is 3.33. The number of nitriles is 1. The van der Waals surface area contributed by atoms with Gasteiger partial charge in [-0.1, -0.05) is 0 Å². The van der Waals surface area contributed by atoms with Gasteiger partial charge in [-0.25, -0.2) is 4.98 Å². The highest BCUT2D eigenvalue weighted by atomic mass is 35.5. The van der Waals surface area contributed by atoms with Crippen molar-refractivity contribution < 1.29 is 9.53 Å². The van der Waals surface area contributed by atoms with Crippen LogP contribution in [0.15, 0.2) is 12.3 Å². The summed E-state index contributed by atoms with van der Waals surface area (Å²) in [6, 6.07) is 3.22. The van der Waals surface area contributed by atoms with Crippen LogP contribution in [0, 0.1) is 11.3 Å². The van der Waals surface area contributed by atoms with Crippen molar-refractivity contribution in [1.29, 1.82) is 5.26 Å². The largest absolute Gasteiger partial charge is 0.496 e. The number of pyridine rings is 1. The molecule has 0 atom stereocenters. The molecule has 0 bridgehead atoms. The minimum atomic E-state index is -0.749. The van der Waals surface area contributed by atoms with Crippen LogP contribution < -0.4 is 4.74 Å². The Hall–Kier alpha value is -1.60. The van der Waals surface area contributed by atoms with Crippen LogP contribution in [0.25, 0.3) is 0 Å². The minimum absolute atomic E-state index is 0.00849. The van der Waals surface area contributed by atoms with Gasteiger partial charge in [0.15, 0.2) is 5.69 Å². The molecule has 0 aromatic carbocycles. The molecule has 0 aliphatic rings.